The predicted molar refractivity (Wildman–Crippen MR) is 116 cm³/mol. The Hall–Kier alpha value is -3.10. The number of fused-ring (bicyclic) bond motifs is 10. The van der Waals surface area contributed by atoms with Gasteiger partial charge in [0.15, 0.2) is 0 Å². The molecule has 0 aliphatic heterocycles. The average molecular weight is 358 g/mol. The minimum absolute atomic E-state index is 0.315. The lowest BCUT2D eigenvalue weighted by atomic mass is 9.62. The van der Waals surface area contributed by atoms with Crippen molar-refractivity contribution in [3.05, 3.63) is 113 Å². The number of hydrogen-bond donors (Lipinski definition) is 1. The first-order valence-corrected chi connectivity index (χ1v) is 9.84. The summed E-state index contributed by atoms with van der Waals surface area (Å²) in [5.41, 5.74) is 11.1. The minimum atomic E-state index is -0.488. The summed E-state index contributed by atoms with van der Waals surface area (Å²) in [5.74, 6) is 0. The summed E-state index contributed by atoms with van der Waals surface area (Å²) in [4.78, 5) is 0. The second-order valence-electron chi connectivity index (χ2n) is 7.87. The van der Waals surface area contributed by atoms with Gasteiger partial charge >= 0.3 is 6.92 Å². The fraction of sp³-hybridized carbons (Fsp3) is 0.0769. The van der Waals surface area contributed by atoms with Crippen LogP contribution in [-0.4, -0.2) is 11.9 Å². The molecule has 0 saturated carbocycles. The molecule has 0 unspecified atom stereocenters. The normalized spacial score (nSPS) is 14.4. The number of benzene rings is 4. The molecule has 2 aliphatic carbocycles. The predicted octanol–water partition coefficient (Wildman–Crippen LogP) is 4.85. The lowest BCUT2D eigenvalue weighted by Gasteiger charge is -2.30. The van der Waals surface area contributed by atoms with E-state index in [4.69, 9.17) is 0 Å². The van der Waals surface area contributed by atoms with Gasteiger partial charge in [-0.2, -0.15) is 0 Å². The summed E-state index contributed by atoms with van der Waals surface area (Å²) >= 11 is 0. The molecule has 132 valence electrons. The van der Waals surface area contributed by atoms with Crippen LogP contribution in [0.2, 0.25) is 6.82 Å². The third kappa shape index (κ3) is 1.77. The van der Waals surface area contributed by atoms with E-state index in [1.807, 2.05) is 6.82 Å². The first kappa shape index (κ1) is 15.9. The fourth-order valence-corrected chi connectivity index (χ4v) is 5.37. The third-order valence-electron chi connectivity index (χ3n) is 6.50. The van der Waals surface area contributed by atoms with Crippen molar-refractivity contribution >= 4 is 12.4 Å². The molecule has 0 saturated heterocycles. The van der Waals surface area contributed by atoms with Crippen molar-refractivity contribution in [3.8, 4) is 22.3 Å². The summed E-state index contributed by atoms with van der Waals surface area (Å²) in [5, 5.41) is 10.3. The van der Waals surface area contributed by atoms with E-state index in [1.165, 1.54) is 44.5 Å². The SMILES string of the molecule is CB(O)c1ccc2c(c1)C1(c3ccccc3-c3ccccc31)c1ccccc1-2. The van der Waals surface area contributed by atoms with E-state index >= 15 is 0 Å². The molecule has 2 heteroatoms. The summed E-state index contributed by atoms with van der Waals surface area (Å²) in [7, 11) is 0. The molecule has 0 atom stereocenters. The molecular weight excluding hydrogens is 339 g/mol. The standard InChI is InChI=1S/C26H19BO/c1-27(28)17-14-15-21-20-10-4-7-13-24(20)26(25(21)16-17)22-11-5-2-8-18(22)19-9-3-6-12-23(19)26/h2-16,28H,1H3. The van der Waals surface area contributed by atoms with Gasteiger partial charge in [-0.25, -0.2) is 0 Å². The molecule has 1 nitrogen and oxygen atoms in total. The van der Waals surface area contributed by atoms with E-state index < -0.39 is 6.92 Å². The smallest absolute Gasteiger partial charge is 0.320 e. The van der Waals surface area contributed by atoms with E-state index in [0.29, 0.717) is 0 Å². The van der Waals surface area contributed by atoms with Crippen molar-refractivity contribution in [2.75, 3.05) is 0 Å². The van der Waals surface area contributed by atoms with Crippen molar-refractivity contribution in [1.29, 1.82) is 0 Å². The second kappa shape index (κ2) is 5.46. The van der Waals surface area contributed by atoms with Crippen molar-refractivity contribution in [3.63, 3.8) is 0 Å². The maximum Gasteiger partial charge on any atom is 0.320 e. The van der Waals surface area contributed by atoms with Gasteiger partial charge in [0, 0.05) is 0 Å². The summed E-state index contributed by atoms with van der Waals surface area (Å²) in [6.45, 7) is 1.35. The minimum Gasteiger partial charge on any atom is -0.447 e. The molecule has 0 aromatic heterocycles. The highest BCUT2D eigenvalue weighted by Gasteiger charge is 2.51. The van der Waals surface area contributed by atoms with Crippen LogP contribution in [0.25, 0.3) is 22.3 Å². The lowest BCUT2D eigenvalue weighted by Crippen LogP contribution is -2.31. The van der Waals surface area contributed by atoms with Crippen LogP contribution in [0, 0.1) is 0 Å². The maximum absolute atomic E-state index is 10.3. The fourth-order valence-electron chi connectivity index (χ4n) is 5.37. The third-order valence-corrected chi connectivity index (χ3v) is 6.50. The van der Waals surface area contributed by atoms with Crippen LogP contribution in [0.1, 0.15) is 22.3 Å². The van der Waals surface area contributed by atoms with Crippen LogP contribution >= 0.6 is 0 Å². The van der Waals surface area contributed by atoms with Crippen molar-refractivity contribution < 1.29 is 5.02 Å². The molecule has 0 heterocycles. The Morgan fingerprint density at radius 1 is 0.571 bits per heavy atom. The molecule has 4 aromatic rings. The second-order valence-corrected chi connectivity index (χ2v) is 7.87. The number of hydrogen-bond acceptors (Lipinski definition) is 1. The Labute approximate surface area is 165 Å². The molecule has 1 spiro atoms. The highest BCUT2D eigenvalue weighted by atomic mass is 16.2. The molecule has 28 heavy (non-hydrogen) atoms. The van der Waals surface area contributed by atoms with Crippen LogP contribution in [0.5, 0.6) is 0 Å². The Bertz CT molecular complexity index is 1190. The van der Waals surface area contributed by atoms with Crippen molar-refractivity contribution in [2.24, 2.45) is 0 Å². The molecule has 0 fully saturated rings. The van der Waals surface area contributed by atoms with Gasteiger partial charge in [0.2, 0.25) is 0 Å². The van der Waals surface area contributed by atoms with Crippen LogP contribution in [-0.2, 0) is 5.41 Å². The Balaban J connectivity index is 1.83. The summed E-state index contributed by atoms with van der Waals surface area (Å²) in [6, 6.07) is 32.8. The molecule has 6 rings (SSSR count). The highest BCUT2D eigenvalue weighted by molar-refractivity contribution is 6.64. The van der Waals surface area contributed by atoms with Crippen LogP contribution in [0.15, 0.2) is 91.0 Å². The molecular formula is C26H19BO. The van der Waals surface area contributed by atoms with Gasteiger partial charge in [-0.15, -0.1) is 0 Å². The van der Waals surface area contributed by atoms with Gasteiger partial charge in [0.1, 0.15) is 0 Å². The van der Waals surface area contributed by atoms with Crippen LogP contribution in [0.3, 0.4) is 0 Å². The molecule has 0 bridgehead atoms. The summed E-state index contributed by atoms with van der Waals surface area (Å²) < 4.78 is 0. The van der Waals surface area contributed by atoms with E-state index in [1.54, 1.807) is 0 Å². The summed E-state index contributed by atoms with van der Waals surface area (Å²) in [6.07, 6.45) is 0. The van der Waals surface area contributed by atoms with E-state index in [-0.39, 0.29) is 5.41 Å². The van der Waals surface area contributed by atoms with E-state index in [2.05, 4.69) is 91.0 Å². The topological polar surface area (TPSA) is 20.2 Å². The highest BCUT2D eigenvalue weighted by Crippen LogP contribution is 2.62. The first-order valence-electron chi connectivity index (χ1n) is 9.84. The molecule has 2 aliphatic rings. The van der Waals surface area contributed by atoms with Crippen LogP contribution in [0.4, 0.5) is 0 Å². The van der Waals surface area contributed by atoms with Gasteiger partial charge in [-0.1, -0.05) is 97.8 Å². The zero-order chi connectivity index (χ0) is 18.9. The van der Waals surface area contributed by atoms with E-state index in [9.17, 15) is 5.02 Å². The molecule has 1 N–H and O–H groups in total. The molecule has 0 radical (unpaired) electrons. The quantitative estimate of drug-likeness (QED) is 0.417. The monoisotopic (exact) mass is 358 g/mol. The number of rotatable bonds is 1. The van der Waals surface area contributed by atoms with Crippen molar-refractivity contribution in [1.82, 2.24) is 0 Å². The first-order chi connectivity index (χ1) is 13.7. The zero-order valence-corrected chi connectivity index (χ0v) is 15.7. The largest absolute Gasteiger partial charge is 0.447 e. The van der Waals surface area contributed by atoms with Gasteiger partial charge in [-0.3, -0.25) is 0 Å². The Morgan fingerprint density at radius 3 is 1.46 bits per heavy atom. The lowest BCUT2D eigenvalue weighted by molar-refractivity contribution is 0.594. The Morgan fingerprint density at radius 2 is 1.00 bits per heavy atom. The maximum atomic E-state index is 10.3. The average Bonchev–Trinajstić information content (AvgIpc) is 3.21. The van der Waals surface area contributed by atoms with Crippen LogP contribution < -0.4 is 5.46 Å². The molecule has 4 aromatic carbocycles. The van der Waals surface area contributed by atoms with Gasteiger partial charge in [-0.05, 0) is 50.0 Å². The van der Waals surface area contributed by atoms with Gasteiger partial charge in [0.25, 0.3) is 0 Å². The van der Waals surface area contributed by atoms with Gasteiger partial charge < -0.3 is 5.02 Å². The molecule has 0 amide bonds. The van der Waals surface area contributed by atoms with E-state index in [0.717, 1.165) is 5.46 Å². The van der Waals surface area contributed by atoms with Gasteiger partial charge in [0.05, 0.1) is 5.41 Å². The Kier molecular flexibility index (Phi) is 3.11. The van der Waals surface area contributed by atoms with Crippen molar-refractivity contribution in [2.45, 2.75) is 12.2 Å². The zero-order valence-electron chi connectivity index (χ0n) is 15.7.